The first-order valence-corrected chi connectivity index (χ1v) is 12.0. The Labute approximate surface area is 203 Å². The molecule has 1 saturated carbocycles. The van der Waals surface area contributed by atoms with E-state index < -0.39 is 22.2 Å². The molecule has 0 heterocycles. The van der Waals surface area contributed by atoms with E-state index in [0.717, 1.165) is 22.3 Å². The number of rotatable bonds is 5. The summed E-state index contributed by atoms with van der Waals surface area (Å²) in [5.41, 5.74) is 0.945. The molecule has 0 unspecified atom stereocenters. The zero-order chi connectivity index (χ0) is 24.0. The van der Waals surface area contributed by atoms with Crippen LogP contribution in [0.1, 0.15) is 55.8 Å². The lowest BCUT2D eigenvalue weighted by Gasteiger charge is -2.35. The first-order chi connectivity index (χ1) is 17.1. The van der Waals surface area contributed by atoms with E-state index in [1.54, 1.807) is 19.1 Å². The van der Waals surface area contributed by atoms with Crippen molar-refractivity contribution in [1.29, 1.82) is 0 Å². The van der Waals surface area contributed by atoms with Crippen LogP contribution in [-0.2, 0) is 15.6 Å². The van der Waals surface area contributed by atoms with E-state index in [1.807, 2.05) is 97.1 Å². The van der Waals surface area contributed by atoms with Crippen LogP contribution in [0.15, 0.2) is 109 Å². The number of carbonyl (C=O) groups is 3. The van der Waals surface area contributed by atoms with Crippen LogP contribution in [0.2, 0.25) is 0 Å². The monoisotopic (exact) mass is 454 g/mol. The first kappa shape index (κ1) is 20.3. The summed E-state index contributed by atoms with van der Waals surface area (Å²) in [5, 5.41) is 0. The number of Topliss-reactive ketones (excluding diaryl/α,β-unsaturated/α-hetero) is 3. The highest BCUT2D eigenvalue weighted by atomic mass is 16.2. The Balaban J connectivity index is 1.65. The number of hydrogen-bond donors (Lipinski definition) is 0. The van der Waals surface area contributed by atoms with Crippen molar-refractivity contribution in [3.8, 4) is 0 Å². The van der Waals surface area contributed by atoms with Crippen molar-refractivity contribution in [2.45, 2.75) is 23.7 Å². The average molecular weight is 455 g/mol. The highest BCUT2D eigenvalue weighted by Gasteiger charge is 2.98. The summed E-state index contributed by atoms with van der Waals surface area (Å²) in [4.78, 5) is 43.3. The second-order valence-electron chi connectivity index (χ2n) is 9.88. The Morgan fingerprint density at radius 1 is 0.571 bits per heavy atom. The van der Waals surface area contributed by atoms with E-state index in [4.69, 9.17) is 0 Å². The topological polar surface area (TPSA) is 51.2 Å². The van der Waals surface area contributed by atoms with Gasteiger partial charge in [0.05, 0.1) is 16.2 Å². The molecule has 0 bridgehead atoms. The second-order valence-corrected chi connectivity index (χ2v) is 9.88. The van der Waals surface area contributed by atoms with Crippen LogP contribution in [0.4, 0.5) is 0 Å². The van der Waals surface area contributed by atoms with E-state index in [2.05, 4.69) is 0 Å². The molecule has 3 aliphatic rings. The number of hydrogen-bond acceptors (Lipinski definition) is 3. The van der Waals surface area contributed by atoms with Crippen molar-refractivity contribution in [3.05, 3.63) is 143 Å². The molecule has 7 rings (SSSR count). The smallest absolute Gasteiger partial charge is 0.175 e. The molecule has 4 aromatic carbocycles. The average Bonchev–Trinajstić information content (AvgIpc) is 3.38. The highest BCUT2D eigenvalue weighted by Crippen LogP contribution is 2.92. The van der Waals surface area contributed by atoms with Crippen molar-refractivity contribution >= 4 is 17.3 Å². The van der Waals surface area contributed by atoms with Gasteiger partial charge in [0.15, 0.2) is 11.6 Å². The van der Waals surface area contributed by atoms with E-state index in [-0.39, 0.29) is 17.3 Å². The number of fused-ring (bicyclic) bond motifs is 7. The molecule has 35 heavy (non-hydrogen) atoms. The van der Waals surface area contributed by atoms with Gasteiger partial charge in [0.1, 0.15) is 5.78 Å². The Morgan fingerprint density at radius 3 is 1.66 bits per heavy atom. The molecule has 4 aromatic rings. The van der Waals surface area contributed by atoms with Gasteiger partial charge in [0.25, 0.3) is 0 Å². The van der Waals surface area contributed by atoms with Gasteiger partial charge in [-0.25, -0.2) is 0 Å². The van der Waals surface area contributed by atoms with Crippen LogP contribution in [0.3, 0.4) is 0 Å². The lowest BCUT2D eigenvalue weighted by atomic mass is 9.62. The molecule has 0 aliphatic heterocycles. The maximum Gasteiger partial charge on any atom is 0.175 e. The summed E-state index contributed by atoms with van der Waals surface area (Å²) in [6.45, 7) is 1.58. The highest BCUT2D eigenvalue weighted by molar-refractivity contribution is 6.26. The van der Waals surface area contributed by atoms with Crippen LogP contribution in [0.25, 0.3) is 0 Å². The Hall–Kier alpha value is -4.11. The summed E-state index contributed by atoms with van der Waals surface area (Å²) in [6, 6.07) is 33.9. The van der Waals surface area contributed by atoms with Gasteiger partial charge in [0, 0.05) is 17.0 Å². The molecule has 1 fully saturated rings. The standard InChI is InChI=1S/C32H22O3/c1-20(33)30-24-17-9-8-16-23(24)27-31(26-19-11-10-18-25(26)30,28(34)21-12-4-2-5-13-21)32(27,30)29(35)22-14-6-3-7-15-22/h2-19,27H,1H3/t27-,30+,31+,32-/m1/s1. The van der Waals surface area contributed by atoms with E-state index in [1.165, 1.54) is 0 Å². The third-order valence-corrected chi connectivity index (χ3v) is 8.74. The molecule has 0 N–H and O–H groups in total. The first-order valence-electron chi connectivity index (χ1n) is 12.0. The fourth-order valence-electron chi connectivity index (χ4n) is 7.84. The Morgan fingerprint density at radius 2 is 1.06 bits per heavy atom. The number of carbonyl (C=O) groups excluding carboxylic acids is 3. The van der Waals surface area contributed by atoms with E-state index in [9.17, 15) is 14.4 Å². The van der Waals surface area contributed by atoms with Crippen LogP contribution in [0, 0.1) is 5.41 Å². The van der Waals surface area contributed by atoms with Crippen molar-refractivity contribution in [3.63, 3.8) is 0 Å². The summed E-state index contributed by atoms with van der Waals surface area (Å²) in [5.74, 6) is -0.706. The minimum atomic E-state index is -1.23. The fraction of sp³-hybridized carbons (Fsp3) is 0.156. The predicted octanol–water partition coefficient (Wildman–Crippen LogP) is 5.68. The maximum atomic E-state index is 14.8. The van der Waals surface area contributed by atoms with Gasteiger partial charge in [0.2, 0.25) is 0 Å². The lowest BCUT2D eigenvalue weighted by Crippen LogP contribution is -2.47. The molecule has 3 heteroatoms. The summed E-state index contributed by atoms with van der Waals surface area (Å²) >= 11 is 0. The normalized spacial score (nSPS) is 28.5. The van der Waals surface area contributed by atoms with Gasteiger partial charge in [-0.3, -0.25) is 14.4 Å². The number of benzene rings is 4. The molecule has 0 amide bonds. The third kappa shape index (κ3) is 1.93. The van der Waals surface area contributed by atoms with Crippen molar-refractivity contribution in [1.82, 2.24) is 0 Å². The maximum absolute atomic E-state index is 14.8. The SMILES string of the molecule is CC(=O)[C@@]12c3ccccc3[C@H]3[C@]1(C(=O)c1ccccc1)[C@@]3(C(=O)c1ccccc1)c1ccccc12. The molecule has 0 spiro atoms. The Bertz CT molecular complexity index is 1570. The van der Waals surface area contributed by atoms with Crippen LogP contribution in [-0.4, -0.2) is 17.3 Å². The second kappa shape index (κ2) is 6.51. The van der Waals surface area contributed by atoms with Crippen LogP contribution < -0.4 is 0 Å². The molecule has 0 saturated heterocycles. The quantitative estimate of drug-likeness (QED) is 0.365. The lowest BCUT2D eigenvalue weighted by molar-refractivity contribution is -0.122. The van der Waals surface area contributed by atoms with Crippen LogP contribution in [0.5, 0.6) is 0 Å². The minimum Gasteiger partial charge on any atom is -0.299 e. The third-order valence-electron chi connectivity index (χ3n) is 8.74. The molecule has 0 radical (unpaired) electrons. The zero-order valence-electron chi connectivity index (χ0n) is 19.2. The van der Waals surface area contributed by atoms with E-state index >= 15 is 0 Å². The summed E-state index contributed by atoms with van der Waals surface area (Å²) < 4.78 is 0. The van der Waals surface area contributed by atoms with Gasteiger partial charge in [-0.05, 0) is 29.2 Å². The Kier molecular flexibility index (Phi) is 3.77. The van der Waals surface area contributed by atoms with Crippen molar-refractivity contribution < 1.29 is 14.4 Å². The summed E-state index contributed by atoms with van der Waals surface area (Å²) in [6.07, 6.45) is 0. The molecule has 0 aromatic heterocycles. The van der Waals surface area contributed by atoms with E-state index in [0.29, 0.717) is 11.1 Å². The molecule has 3 nitrogen and oxygen atoms in total. The van der Waals surface area contributed by atoms with Gasteiger partial charge >= 0.3 is 0 Å². The van der Waals surface area contributed by atoms with Gasteiger partial charge in [-0.1, -0.05) is 109 Å². The molecular weight excluding hydrogens is 432 g/mol. The van der Waals surface area contributed by atoms with Crippen LogP contribution >= 0.6 is 0 Å². The molecule has 4 atom stereocenters. The van der Waals surface area contributed by atoms with Crippen molar-refractivity contribution in [2.75, 3.05) is 0 Å². The zero-order valence-corrected chi connectivity index (χ0v) is 19.2. The number of ketones is 3. The van der Waals surface area contributed by atoms with Gasteiger partial charge in [-0.2, -0.15) is 0 Å². The van der Waals surface area contributed by atoms with Crippen molar-refractivity contribution in [2.24, 2.45) is 5.41 Å². The van der Waals surface area contributed by atoms with Gasteiger partial charge in [-0.15, -0.1) is 0 Å². The minimum absolute atomic E-state index is 0.0857. The molecular formula is C32H22O3. The fourth-order valence-corrected chi connectivity index (χ4v) is 7.84. The molecule has 168 valence electrons. The summed E-state index contributed by atoms with van der Waals surface area (Å²) in [7, 11) is 0. The largest absolute Gasteiger partial charge is 0.299 e. The van der Waals surface area contributed by atoms with Gasteiger partial charge < -0.3 is 0 Å². The predicted molar refractivity (Wildman–Crippen MR) is 133 cm³/mol. The molecule has 3 aliphatic carbocycles.